The van der Waals surface area contributed by atoms with Gasteiger partial charge in [0.2, 0.25) is 0 Å². The average molecular weight is 326 g/mol. The van der Waals surface area contributed by atoms with Crippen LogP contribution in [0.5, 0.6) is 5.75 Å². The van der Waals surface area contributed by atoms with Gasteiger partial charge < -0.3 is 14.4 Å². The molecule has 1 saturated carbocycles. The van der Waals surface area contributed by atoms with Gasteiger partial charge in [0.15, 0.2) is 5.78 Å². The van der Waals surface area contributed by atoms with Crippen molar-refractivity contribution in [3.63, 3.8) is 0 Å². The highest BCUT2D eigenvalue weighted by Crippen LogP contribution is 2.35. The lowest BCUT2D eigenvalue weighted by atomic mass is 10.1. The van der Waals surface area contributed by atoms with Gasteiger partial charge >= 0.3 is 5.97 Å². The van der Waals surface area contributed by atoms with E-state index in [-0.39, 0.29) is 11.8 Å². The van der Waals surface area contributed by atoms with Gasteiger partial charge in [0.25, 0.3) is 0 Å². The zero-order valence-electron chi connectivity index (χ0n) is 13.0. The van der Waals surface area contributed by atoms with Crippen LogP contribution in [0.4, 0.5) is 5.69 Å². The predicted molar refractivity (Wildman–Crippen MR) is 84.6 cm³/mol. The third-order valence-electron chi connectivity index (χ3n) is 4.07. The fourth-order valence-electron chi connectivity index (χ4n) is 2.93. The Bertz CT molecular complexity index is 575. The minimum absolute atomic E-state index is 0.104. The second-order valence-electron chi connectivity index (χ2n) is 5.17. The lowest BCUT2D eigenvalue weighted by Crippen LogP contribution is -2.40. The molecular formula is C16H20ClNO4. The van der Waals surface area contributed by atoms with Crippen molar-refractivity contribution in [3.05, 3.63) is 23.2 Å². The Labute approximate surface area is 135 Å². The summed E-state index contributed by atoms with van der Waals surface area (Å²) in [7, 11) is 2.89. The van der Waals surface area contributed by atoms with Crippen molar-refractivity contribution in [1.82, 2.24) is 0 Å². The maximum absolute atomic E-state index is 12.5. The molecule has 0 bridgehead atoms. The van der Waals surface area contributed by atoms with Gasteiger partial charge in [0.1, 0.15) is 11.7 Å². The summed E-state index contributed by atoms with van der Waals surface area (Å²) in [4.78, 5) is 26.1. The van der Waals surface area contributed by atoms with Gasteiger partial charge in [0.05, 0.1) is 31.0 Å². The Kier molecular flexibility index (Phi) is 5.29. The summed E-state index contributed by atoms with van der Waals surface area (Å²) in [5.74, 6) is -0.561. The van der Waals surface area contributed by atoms with E-state index in [0.717, 1.165) is 5.69 Å². The molecule has 1 fully saturated rings. The zero-order chi connectivity index (χ0) is 16.3. The van der Waals surface area contributed by atoms with Gasteiger partial charge in [-0.05, 0) is 31.9 Å². The molecule has 5 nitrogen and oxygen atoms in total. The molecule has 0 N–H and O–H groups in total. The molecule has 0 aromatic heterocycles. The molecule has 0 aliphatic heterocycles. The summed E-state index contributed by atoms with van der Waals surface area (Å²) in [6, 6.07) is 4.96. The number of rotatable bonds is 5. The number of halogens is 1. The normalized spacial score (nSPS) is 20.8. The molecule has 1 aliphatic carbocycles. The summed E-state index contributed by atoms with van der Waals surface area (Å²) < 4.78 is 9.93. The lowest BCUT2D eigenvalue weighted by Gasteiger charge is -2.30. The van der Waals surface area contributed by atoms with Crippen molar-refractivity contribution in [2.24, 2.45) is 5.92 Å². The molecule has 2 rings (SSSR count). The van der Waals surface area contributed by atoms with Crippen molar-refractivity contribution < 1.29 is 19.1 Å². The number of esters is 1. The number of carbonyl (C=O) groups is 2. The number of carbonyl (C=O) groups excluding carboxylic acids is 2. The zero-order valence-corrected chi connectivity index (χ0v) is 13.7. The summed E-state index contributed by atoms with van der Waals surface area (Å²) in [6.45, 7) is 2.56. The van der Waals surface area contributed by atoms with E-state index in [1.807, 2.05) is 17.9 Å². The van der Waals surface area contributed by atoms with Crippen LogP contribution in [0.1, 0.15) is 19.8 Å². The van der Waals surface area contributed by atoms with Crippen LogP contribution in [0.2, 0.25) is 5.02 Å². The Morgan fingerprint density at radius 2 is 2.09 bits per heavy atom. The number of anilines is 1. The molecule has 0 radical (unpaired) electrons. The number of benzene rings is 1. The molecule has 0 saturated heterocycles. The number of hydrogen-bond donors (Lipinski definition) is 0. The van der Waals surface area contributed by atoms with Gasteiger partial charge in [-0.2, -0.15) is 0 Å². The second-order valence-corrected chi connectivity index (χ2v) is 5.58. The van der Waals surface area contributed by atoms with Crippen LogP contribution < -0.4 is 9.64 Å². The second kappa shape index (κ2) is 7.01. The van der Waals surface area contributed by atoms with E-state index in [4.69, 9.17) is 21.1 Å². The Morgan fingerprint density at radius 1 is 1.36 bits per heavy atom. The smallest absolute Gasteiger partial charge is 0.316 e. The summed E-state index contributed by atoms with van der Waals surface area (Å²) in [5, 5.41) is 0.553. The van der Waals surface area contributed by atoms with E-state index in [1.165, 1.54) is 7.11 Å². The maximum atomic E-state index is 12.5. The molecule has 22 heavy (non-hydrogen) atoms. The number of Topliss-reactive ketones (excluding diaryl/α,β-unsaturated/α-hetero) is 1. The largest absolute Gasteiger partial charge is 0.497 e. The standard InChI is InChI=1S/C16H20ClNO4/c1-4-18(14-9-10(21-2)5-7-12(14)17)13-8-6-11(15(13)19)16(20)22-3/h5,7,9,11,13H,4,6,8H2,1-3H3. The highest BCUT2D eigenvalue weighted by Gasteiger charge is 2.42. The fraction of sp³-hybridized carbons (Fsp3) is 0.500. The first-order chi connectivity index (χ1) is 10.5. The topological polar surface area (TPSA) is 55.8 Å². The lowest BCUT2D eigenvalue weighted by molar-refractivity contribution is -0.148. The number of ether oxygens (including phenoxy) is 2. The van der Waals surface area contributed by atoms with Crippen molar-refractivity contribution in [2.45, 2.75) is 25.8 Å². The average Bonchev–Trinajstić information content (AvgIpc) is 2.91. The minimum atomic E-state index is -0.673. The highest BCUT2D eigenvalue weighted by molar-refractivity contribution is 6.33. The van der Waals surface area contributed by atoms with Crippen LogP contribution >= 0.6 is 11.6 Å². The molecule has 2 atom stereocenters. The highest BCUT2D eigenvalue weighted by atomic mass is 35.5. The predicted octanol–water partition coefficient (Wildman–Crippen LogP) is 2.70. The van der Waals surface area contributed by atoms with Crippen molar-refractivity contribution >= 4 is 29.0 Å². The van der Waals surface area contributed by atoms with Gasteiger partial charge in [-0.1, -0.05) is 11.6 Å². The fourth-order valence-corrected chi connectivity index (χ4v) is 3.15. The Morgan fingerprint density at radius 3 is 2.68 bits per heavy atom. The van der Waals surface area contributed by atoms with Crippen LogP contribution in [0, 0.1) is 5.92 Å². The third kappa shape index (κ3) is 3.04. The molecular weight excluding hydrogens is 306 g/mol. The SMILES string of the molecule is CCN(c1cc(OC)ccc1Cl)C1CCC(C(=O)OC)C1=O. The van der Waals surface area contributed by atoms with Gasteiger partial charge in [-0.15, -0.1) is 0 Å². The van der Waals surface area contributed by atoms with Crippen LogP contribution in [0.3, 0.4) is 0 Å². The van der Waals surface area contributed by atoms with E-state index >= 15 is 0 Å². The first-order valence-corrected chi connectivity index (χ1v) is 7.63. The Hall–Kier alpha value is -1.75. The monoisotopic (exact) mass is 325 g/mol. The molecule has 0 spiro atoms. The van der Waals surface area contributed by atoms with Crippen molar-refractivity contribution in [1.29, 1.82) is 0 Å². The molecule has 1 aromatic rings. The quantitative estimate of drug-likeness (QED) is 0.615. The first-order valence-electron chi connectivity index (χ1n) is 7.25. The van der Waals surface area contributed by atoms with Crippen LogP contribution in [0.15, 0.2) is 18.2 Å². The number of nitrogens with zero attached hydrogens (tertiary/aromatic N) is 1. The van der Waals surface area contributed by atoms with Gasteiger partial charge in [0, 0.05) is 12.6 Å². The number of ketones is 1. The number of hydrogen-bond acceptors (Lipinski definition) is 5. The molecule has 120 valence electrons. The molecule has 0 amide bonds. The molecule has 2 unspecified atom stereocenters. The third-order valence-corrected chi connectivity index (χ3v) is 4.39. The maximum Gasteiger partial charge on any atom is 0.316 e. The summed E-state index contributed by atoms with van der Waals surface area (Å²) in [5.41, 5.74) is 0.743. The minimum Gasteiger partial charge on any atom is -0.497 e. The molecule has 1 aliphatic rings. The van der Waals surface area contributed by atoms with E-state index in [0.29, 0.717) is 30.2 Å². The number of likely N-dealkylation sites (N-methyl/N-ethyl adjacent to an activating group) is 1. The number of methoxy groups -OCH3 is 2. The Balaban J connectivity index is 2.30. The van der Waals surface area contributed by atoms with Crippen LogP contribution in [-0.2, 0) is 14.3 Å². The first kappa shape index (κ1) is 16.6. The van der Waals surface area contributed by atoms with E-state index in [9.17, 15) is 9.59 Å². The van der Waals surface area contributed by atoms with Crippen molar-refractivity contribution in [2.75, 3.05) is 25.7 Å². The summed E-state index contributed by atoms with van der Waals surface area (Å²) >= 11 is 6.28. The summed E-state index contributed by atoms with van der Waals surface area (Å²) in [6.07, 6.45) is 1.12. The molecule has 6 heteroatoms. The van der Waals surface area contributed by atoms with Gasteiger partial charge in [-0.25, -0.2) is 0 Å². The van der Waals surface area contributed by atoms with Crippen LogP contribution in [0.25, 0.3) is 0 Å². The van der Waals surface area contributed by atoms with Crippen molar-refractivity contribution in [3.8, 4) is 5.75 Å². The molecule has 0 heterocycles. The van der Waals surface area contributed by atoms with E-state index < -0.39 is 11.9 Å². The van der Waals surface area contributed by atoms with Gasteiger partial charge in [-0.3, -0.25) is 9.59 Å². The van der Waals surface area contributed by atoms with Crippen LogP contribution in [-0.4, -0.2) is 38.6 Å². The molecule has 1 aromatic carbocycles. The van der Waals surface area contributed by atoms with E-state index in [1.54, 1.807) is 19.2 Å². The van der Waals surface area contributed by atoms with E-state index in [2.05, 4.69) is 0 Å².